The lowest BCUT2D eigenvalue weighted by molar-refractivity contribution is 0.319. The molecule has 3 nitrogen and oxygen atoms in total. The smallest absolute Gasteiger partial charge is 0.126 e. The Hall–Kier alpha value is -2.30. The summed E-state index contributed by atoms with van der Waals surface area (Å²) in [5, 5.41) is 0. The fraction of sp³-hybridized carbons (Fsp3) is 0.414. The van der Waals surface area contributed by atoms with Gasteiger partial charge in [0.2, 0.25) is 0 Å². The number of nitrogens with two attached hydrogens (primary N) is 1. The van der Waals surface area contributed by atoms with Gasteiger partial charge in [0.25, 0.3) is 0 Å². The summed E-state index contributed by atoms with van der Waals surface area (Å²) in [6.45, 7) is 12.7. The van der Waals surface area contributed by atoms with E-state index in [1.54, 1.807) is 11.8 Å². The molecule has 0 aliphatic heterocycles. The molecule has 0 aliphatic carbocycles. The van der Waals surface area contributed by atoms with E-state index in [-0.39, 0.29) is 0 Å². The zero-order chi connectivity index (χ0) is 24.4. The zero-order valence-corrected chi connectivity index (χ0v) is 22.3. The van der Waals surface area contributed by atoms with E-state index in [0.29, 0.717) is 5.82 Å². The maximum Gasteiger partial charge on any atom is 0.126 e. The Balaban J connectivity index is 0.000000569. The second-order valence-corrected chi connectivity index (χ2v) is 10.2. The van der Waals surface area contributed by atoms with Gasteiger partial charge in [-0.15, -0.1) is 11.8 Å². The summed E-state index contributed by atoms with van der Waals surface area (Å²) in [5.41, 5.74) is 13.2. The van der Waals surface area contributed by atoms with Gasteiger partial charge in [-0.3, -0.25) is 4.90 Å². The molecule has 0 spiro atoms. The van der Waals surface area contributed by atoms with Gasteiger partial charge < -0.3 is 5.73 Å². The van der Waals surface area contributed by atoms with Crippen molar-refractivity contribution in [2.75, 3.05) is 19.0 Å². The number of hydrogen-bond acceptors (Lipinski definition) is 4. The molecular weight excluding hydrogens is 422 g/mol. The van der Waals surface area contributed by atoms with Crippen molar-refractivity contribution in [3.63, 3.8) is 0 Å². The van der Waals surface area contributed by atoms with Crippen molar-refractivity contribution in [2.45, 2.75) is 65.4 Å². The number of nitrogens with zero attached hydrogens (tertiary/aromatic N) is 2. The second-order valence-electron chi connectivity index (χ2n) is 9.29. The van der Waals surface area contributed by atoms with Gasteiger partial charge in [-0.25, -0.2) is 4.98 Å². The molecule has 2 N–H and O–H groups in total. The van der Waals surface area contributed by atoms with Gasteiger partial charge >= 0.3 is 0 Å². The summed E-state index contributed by atoms with van der Waals surface area (Å²) in [6, 6.07) is 17.6. The molecule has 0 aliphatic rings. The summed E-state index contributed by atoms with van der Waals surface area (Å²) in [6.07, 6.45) is 6.69. The molecule has 1 heterocycles. The van der Waals surface area contributed by atoms with Crippen LogP contribution in [-0.4, -0.2) is 23.2 Å². The average molecular weight is 464 g/mol. The summed E-state index contributed by atoms with van der Waals surface area (Å²) < 4.78 is 0. The Bertz CT molecular complexity index is 996. The molecule has 33 heavy (non-hydrogen) atoms. The van der Waals surface area contributed by atoms with Crippen LogP contribution in [0.3, 0.4) is 0 Å². The van der Waals surface area contributed by atoms with E-state index in [1.165, 1.54) is 40.0 Å². The number of aryl methyl sites for hydroxylation is 2. The number of nitrogen functional groups attached to an aromatic ring is 1. The van der Waals surface area contributed by atoms with Crippen LogP contribution < -0.4 is 5.73 Å². The summed E-state index contributed by atoms with van der Waals surface area (Å²) >= 11 is 1.76. The Morgan fingerprint density at radius 1 is 1.00 bits per heavy atom. The van der Waals surface area contributed by atoms with Gasteiger partial charge in [0.05, 0.1) is 0 Å². The fourth-order valence-electron chi connectivity index (χ4n) is 3.75. The maximum absolute atomic E-state index is 5.91. The Labute approximate surface area is 205 Å². The van der Waals surface area contributed by atoms with Crippen LogP contribution in [0.4, 0.5) is 5.82 Å². The molecule has 0 saturated carbocycles. The first-order valence-corrected chi connectivity index (χ1v) is 13.1. The van der Waals surface area contributed by atoms with Crippen LogP contribution in [0.2, 0.25) is 0 Å². The molecule has 0 atom stereocenters. The highest BCUT2D eigenvalue weighted by Crippen LogP contribution is 2.30. The van der Waals surface area contributed by atoms with Crippen molar-refractivity contribution in [2.24, 2.45) is 5.92 Å². The van der Waals surface area contributed by atoms with Crippen LogP contribution >= 0.6 is 11.8 Å². The lowest BCUT2D eigenvalue weighted by Gasteiger charge is -2.20. The first-order chi connectivity index (χ1) is 15.7. The molecule has 0 saturated heterocycles. The van der Waals surface area contributed by atoms with Crippen molar-refractivity contribution in [3.05, 3.63) is 77.0 Å². The molecule has 0 amide bonds. The topological polar surface area (TPSA) is 42.2 Å². The fourth-order valence-corrected chi connectivity index (χ4v) is 4.19. The van der Waals surface area contributed by atoms with E-state index < -0.39 is 0 Å². The monoisotopic (exact) mass is 463 g/mol. The molecule has 3 aromatic rings. The lowest BCUT2D eigenvalue weighted by atomic mass is 9.99. The van der Waals surface area contributed by atoms with Crippen molar-refractivity contribution in [3.8, 4) is 11.1 Å². The molecule has 2 aromatic carbocycles. The van der Waals surface area contributed by atoms with Crippen molar-refractivity contribution < 1.29 is 0 Å². The van der Waals surface area contributed by atoms with Crippen LogP contribution in [-0.2, 0) is 13.1 Å². The van der Waals surface area contributed by atoms with Gasteiger partial charge in [0.1, 0.15) is 5.82 Å². The average Bonchev–Trinajstić information content (AvgIpc) is 2.78. The van der Waals surface area contributed by atoms with Gasteiger partial charge in [-0.1, -0.05) is 69.5 Å². The van der Waals surface area contributed by atoms with Crippen LogP contribution in [0.15, 0.2) is 59.6 Å². The summed E-state index contributed by atoms with van der Waals surface area (Å²) in [4.78, 5) is 7.97. The van der Waals surface area contributed by atoms with Crippen LogP contribution in [0.1, 0.15) is 55.9 Å². The molecule has 178 valence electrons. The molecule has 0 bridgehead atoms. The predicted molar refractivity (Wildman–Crippen MR) is 147 cm³/mol. The third kappa shape index (κ3) is 8.87. The Morgan fingerprint density at radius 2 is 1.70 bits per heavy atom. The highest BCUT2D eigenvalue weighted by Gasteiger charge is 2.11. The van der Waals surface area contributed by atoms with Gasteiger partial charge in [0.15, 0.2) is 0 Å². The molecule has 0 fully saturated rings. The largest absolute Gasteiger partial charge is 0.383 e. The van der Waals surface area contributed by atoms with E-state index in [4.69, 9.17) is 5.73 Å². The highest BCUT2D eigenvalue weighted by molar-refractivity contribution is 7.98. The third-order valence-electron chi connectivity index (χ3n) is 5.63. The number of benzene rings is 2. The lowest BCUT2D eigenvalue weighted by Crippen LogP contribution is -2.17. The Morgan fingerprint density at radius 3 is 2.24 bits per heavy atom. The summed E-state index contributed by atoms with van der Waals surface area (Å²) in [7, 11) is 2.17. The number of hydrogen-bond donors (Lipinski definition) is 1. The highest BCUT2D eigenvalue weighted by atomic mass is 32.2. The molecular formula is C29H41N3S. The SMILES string of the molecule is CCCC(C)C.CSc1ccc(CN(C)Cc2ccc(C)cc2)c(-c2cnc(N)c(C)c2)c1. The molecule has 0 radical (unpaired) electrons. The van der Waals surface area contributed by atoms with Crippen LogP contribution in [0, 0.1) is 19.8 Å². The minimum atomic E-state index is 0.595. The first kappa shape index (κ1) is 26.9. The third-order valence-corrected chi connectivity index (χ3v) is 6.35. The van der Waals surface area contributed by atoms with E-state index in [0.717, 1.165) is 30.1 Å². The minimum absolute atomic E-state index is 0.595. The Kier molecular flexibility index (Phi) is 11.0. The van der Waals surface area contributed by atoms with E-state index >= 15 is 0 Å². The second kappa shape index (κ2) is 13.4. The van der Waals surface area contributed by atoms with Crippen molar-refractivity contribution in [1.29, 1.82) is 0 Å². The van der Waals surface area contributed by atoms with Crippen LogP contribution in [0.25, 0.3) is 11.1 Å². The van der Waals surface area contributed by atoms with Gasteiger partial charge in [-0.05, 0) is 73.5 Å². The van der Waals surface area contributed by atoms with Gasteiger partial charge in [0, 0.05) is 29.7 Å². The number of anilines is 1. The number of aromatic nitrogens is 1. The zero-order valence-electron chi connectivity index (χ0n) is 21.5. The molecule has 0 unspecified atom stereocenters. The molecule has 3 rings (SSSR count). The quantitative estimate of drug-likeness (QED) is 0.347. The number of pyridine rings is 1. The standard InChI is InChI=1S/C23H27N3S.C6H14/c1-16-5-7-18(8-6-16)14-26(3)15-19-9-10-21(27-4)12-22(19)20-11-17(2)23(24)25-13-20;1-4-5-6(2)3/h5-13H,14-15H2,1-4H3,(H2,24,25);6H,4-5H2,1-3H3. The van der Waals surface area contributed by atoms with E-state index in [2.05, 4.69) is 99.4 Å². The van der Waals surface area contributed by atoms with Crippen molar-refractivity contribution in [1.82, 2.24) is 9.88 Å². The first-order valence-electron chi connectivity index (χ1n) is 11.9. The van der Waals surface area contributed by atoms with Crippen molar-refractivity contribution >= 4 is 17.6 Å². The molecule has 1 aromatic heterocycles. The van der Waals surface area contributed by atoms with Gasteiger partial charge in [-0.2, -0.15) is 0 Å². The van der Waals surface area contributed by atoms with E-state index in [9.17, 15) is 0 Å². The maximum atomic E-state index is 5.91. The number of thioether (sulfide) groups is 1. The molecule has 4 heteroatoms. The van der Waals surface area contributed by atoms with Crippen LogP contribution in [0.5, 0.6) is 0 Å². The van der Waals surface area contributed by atoms with E-state index in [1.807, 2.05) is 13.1 Å². The normalized spacial score (nSPS) is 10.9. The minimum Gasteiger partial charge on any atom is -0.383 e. The number of rotatable bonds is 8. The summed E-state index contributed by atoms with van der Waals surface area (Å²) in [5.74, 6) is 1.49. The predicted octanol–water partition coefficient (Wildman–Crippen LogP) is 7.74.